The van der Waals surface area contributed by atoms with Crippen LogP contribution in [0.3, 0.4) is 0 Å². The van der Waals surface area contributed by atoms with Crippen molar-refractivity contribution < 1.29 is 19.8 Å². The van der Waals surface area contributed by atoms with Gasteiger partial charge in [-0.2, -0.15) is 0 Å². The van der Waals surface area contributed by atoms with Gasteiger partial charge in [-0.15, -0.1) is 0 Å². The highest BCUT2D eigenvalue weighted by Gasteiger charge is 2.32. The Morgan fingerprint density at radius 2 is 1.09 bits per heavy atom. The molecule has 1 nitrogen and oxygen atoms in total. The van der Waals surface area contributed by atoms with E-state index in [1.807, 2.05) is 60.7 Å². The molecule has 9 aromatic carbocycles. The second-order valence-electron chi connectivity index (χ2n) is 11.9. The Bertz CT molecular complexity index is 3430. The smallest absolute Gasteiger partial charge is 0.143 e. The van der Waals surface area contributed by atoms with Gasteiger partial charge in [0.05, 0.1) is 15.1 Å². The van der Waals surface area contributed by atoms with Gasteiger partial charge in [0, 0.05) is 16.3 Å². The Kier molecular flexibility index (Phi) is 3.31. The summed E-state index contributed by atoms with van der Waals surface area (Å²) in [5.41, 5.74) is 6.12. The van der Waals surface area contributed by atoms with E-state index >= 15 is 0 Å². The van der Waals surface area contributed by atoms with E-state index in [1.54, 1.807) is 0 Å². The van der Waals surface area contributed by atoms with E-state index in [-0.39, 0.29) is 61.8 Å². The minimum Gasteiger partial charge on any atom is -0.455 e. The molecule has 0 amide bonds. The van der Waals surface area contributed by atoms with Crippen LogP contribution in [0.5, 0.6) is 11.5 Å². The number of hydrogen-bond acceptors (Lipinski definition) is 1. The van der Waals surface area contributed by atoms with E-state index in [0.717, 1.165) is 54.9 Å². The van der Waals surface area contributed by atoms with Crippen molar-refractivity contribution in [2.75, 3.05) is 0 Å². The summed E-state index contributed by atoms with van der Waals surface area (Å²) >= 11 is 0. The normalized spacial score (nSPS) is 15.7. The van der Waals surface area contributed by atoms with Crippen LogP contribution >= 0.6 is 0 Å². The molecular formula is C46H26O. The zero-order valence-corrected chi connectivity index (χ0v) is 24.6. The molecular weight excluding hydrogens is 569 g/mol. The number of rotatable bonds is 2. The molecule has 0 atom stereocenters. The van der Waals surface area contributed by atoms with Crippen LogP contribution in [0.4, 0.5) is 0 Å². The zero-order chi connectivity index (χ0) is 40.2. The van der Waals surface area contributed by atoms with Gasteiger partial charge >= 0.3 is 0 Å². The first-order valence-corrected chi connectivity index (χ1v) is 15.4. The SMILES string of the molecule is [2H]c1c([2H])c([2H])c2c3c(c([2H])c([2H])c2c1[2H])-c1c([2H])c([2H])c([2H])c2c(-c4c5c(c(-c6ccccc6)c6ccccc46)-c4cccc6cccc-5c46)c([2H])c([2H])c(c12)O3. The van der Waals surface area contributed by atoms with E-state index in [9.17, 15) is 8.22 Å². The average molecular weight is 606 g/mol. The molecule has 0 aromatic heterocycles. The van der Waals surface area contributed by atoms with Crippen molar-refractivity contribution in [3.63, 3.8) is 0 Å². The molecule has 1 aliphatic heterocycles. The lowest BCUT2D eigenvalue weighted by Gasteiger charge is -2.25. The topological polar surface area (TPSA) is 9.23 Å². The fraction of sp³-hybridized carbons (Fsp3) is 0. The van der Waals surface area contributed by atoms with Crippen molar-refractivity contribution in [3.05, 3.63) is 157 Å². The maximum Gasteiger partial charge on any atom is 0.143 e. The first-order valence-electron chi connectivity index (χ1n) is 20.9. The molecule has 11 rings (SSSR count). The summed E-state index contributed by atoms with van der Waals surface area (Å²) in [7, 11) is 0. The molecule has 0 fully saturated rings. The Balaban J connectivity index is 1.38. The van der Waals surface area contributed by atoms with Gasteiger partial charge in [-0.25, -0.2) is 0 Å². The lowest BCUT2D eigenvalue weighted by atomic mass is 9.81. The van der Waals surface area contributed by atoms with Gasteiger partial charge in [-0.3, -0.25) is 0 Å². The monoisotopic (exact) mass is 605 g/mol. The lowest BCUT2D eigenvalue weighted by molar-refractivity contribution is 0.493. The number of hydrogen-bond donors (Lipinski definition) is 0. The molecule has 0 bridgehead atoms. The van der Waals surface area contributed by atoms with E-state index < -0.39 is 54.4 Å². The zero-order valence-electron chi connectivity index (χ0n) is 35.6. The molecule has 0 saturated carbocycles. The van der Waals surface area contributed by atoms with E-state index in [2.05, 4.69) is 30.3 Å². The van der Waals surface area contributed by atoms with Gasteiger partial charge in [-0.05, 0) is 101 Å². The molecule has 0 saturated heterocycles. The highest BCUT2D eigenvalue weighted by atomic mass is 16.5. The van der Waals surface area contributed by atoms with Crippen LogP contribution in [-0.2, 0) is 0 Å². The van der Waals surface area contributed by atoms with Crippen molar-refractivity contribution in [2.45, 2.75) is 0 Å². The fourth-order valence-corrected chi connectivity index (χ4v) is 7.68. The van der Waals surface area contributed by atoms with Crippen molar-refractivity contribution in [2.24, 2.45) is 0 Å². The maximum absolute atomic E-state index is 9.85. The number of benzene rings is 9. The molecule has 1 heteroatoms. The molecule has 9 aromatic rings. The predicted octanol–water partition coefficient (Wildman–Crippen LogP) is 13.1. The van der Waals surface area contributed by atoms with Gasteiger partial charge in [0.15, 0.2) is 0 Å². The van der Waals surface area contributed by atoms with Gasteiger partial charge in [0.1, 0.15) is 11.5 Å². The third-order valence-corrected chi connectivity index (χ3v) is 9.53. The molecule has 1 heterocycles. The molecule has 47 heavy (non-hydrogen) atoms. The molecule has 216 valence electrons. The van der Waals surface area contributed by atoms with Gasteiger partial charge in [0.25, 0.3) is 0 Å². The highest BCUT2D eigenvalue weighted by Crippen LogP contribution is 2.59. The summed E-state index contributed by atoms with van der Waals surface area (Å²) < 4.78 is 106. The van der Waals surface area contributed by atoms with E-state index in [4.69, 9.17) is 11.6 Å². The van der Waals surface area contributed by atoms with Gasteiger partial charge < -0.3 is 4.74 Å². The Hall–Kier alpha value is -6.18. The Labute approximate surface area is 287 Å². The third kappa shape index (κ3) is 3.28. The Morgan fingerprint density at radius 3 is 1.91 bits per heavy atom. The molecule has 1 aliphatic carbocycles. The highest BCUT2D eigenvalue weighted by molar-refractivity contribution is 6.29. The third-order valence-electron chi connectivity index (χ3n) is 9.53. The summed E-state index contributed by atoms with van der Waals surface area (Å²) in [6.07, 6.45) is 0. The van der Waals surface area contributed by atoms with Gasteiger partial charge in [-0.1, -0.05) is 139 Å². The molecule has 0 N–H and O–H groups in total. The maximum atomic E-state index is 9.85. The van der Waals surface area contributed by atoms with Crippen molar-refractivity contribution in [1.82, 2.24) is 0 Å². The molecule has 2 aliphatic rings. The quantitative estimate of drug-likeness (QED) is 0.190. The summed E-state index contributed by atoms with van der Waals surface area (Å²) in [5, 5.41) is 3.31. The average Bonchev–Trinajstić information content (AvgIpc) is 3.57. The standard InChI is InChI=1S/C46H26O/c1-2-12-29(13-3-1)41-31-17-6-7-18-33(31)43(45-38-22-9-15-28-14-8-21-37(40(28)38)44(41)45)35-25-26-39-42-32(35)19-10-20-34(42)36-24-23-27-11-4-5-16-30(27)46(36)47-39/h1-26H/i4D,5D,10D,11D,16D,19D,20D,23D,24D,25D,26D. The number of ether oxygens (including phenoxy) is 1. The second kappa shape index (κ2) is 9.19. The van der Waals surface area contributed by atoms with Gasteiger partial charge in [0.2, 0.25) is 0 Å². The minimum atomic E-state index is -0.594. The largest absolute Gasteiger partial charge is 0.455 e. The van der Waals surface area contributed by atoms with Crippen molar-refractivity contribution >= 4 is 43.1 Å². The van der Waals surface area contributed by atoms with Crippen LogP contribution in [0.2, 0.25) is 0 Å². The lowest BCUT2D eigenvalue weighted by Crippen LogP contribution is -1.99. The van der Waals surface area contributed by atoms with Crippen LogP contribution in [0.1, 0.15) is 15.1 Å². The molecule has 0 unspecified atom stereocenters. The molecule has 0 spiro atoms. The fourth-order valence-electron chi connectivity index (χ4n) is 7.68. The van der Waals surface area contributed by atoms with Crippen LogP contribution in [0, 0.1) is 0 Å². The summed E-state index contributed by atoms with van der Waals surface area (Å²) in [4.78, 5) is 0. The number of fused-ring (bicyclic) bond motifs is 8. The van der Waals surface area contributed by atoms with Crippen LogP contribution in [0.15, 0.2) is 157 Å². The van der Waals surface area contributed by atoms with Crippen LogP contribution in [-0.4, -0.2) is 0 Å². The first kappa shape index (κ1) is 16.9. The van der Waals surface area contributed by atoms with Crippen molar-refractivity contribution in [1.29, 1.82) is 0 Å². The summed E-state index contributed by atoms with van der Waals surface area (Å²) in [5.74, 6) is -0.491. The van der Waals surface area contributed by atoms with Crippen molar-refractivity contribution in [3.8, 4) is 67.1 Å². The van der Waals surface area contributed by atoms with E-state index in [0.29, 0.717) is 5.56 Å². The van der Waals surface area contributed by atoms with Crippen LogP contribution < -0.4 is 4.74 Å². The predicted molar refractivity (Wildman–Crippen MR) is 197 cm³/mol. The summed E-state index contributed by atoms with van der Waals surface area (Å²) in [6, 6.07) is 24.8. The summed E-state index contributed by atoms with van der Waals surface area (Å²) in [6.45, 7) is 0. The van der Waals surface area contributed by atoms with Crippen LogP contribution in [0.25, 0.3) is 98.7 Å². The molecule has 0 radical (unpaired) electrons. The second-order valence-corrected chi connectivity index (χ2v) is 11.9. The Morgan fingerprint density at radius 1 is 0.383 bits per heavy atom. The van der Waals surface area contributed by atoms with E-state index in [1.165, 1.54) is 0 Å². The minimum absolute atomic E-state index is 0.0567. The first-order chi connectivity index (χ1) is 27.9.